The molecule has 1 aliphatic rings. The van der Waals surface area contributed by atoms with Gasteiger partial charge in [0.25, 0.3) is 0 Å². The molecule has 3 heterocycles. The Labute approximate surface area is 215 Å². The molecule has 2 aromatic heterocycles. The van der Waals surface area contributed by atoms with E-state index in [4.69, 9.17) is 14.2 Å². The Balaban J connectivity index is 1.78. The molecule has 1 aromatic carbocycles. The number of sulfonamides is 1. The van der Waals surface area contributed by atoms with Crippen molar-refractivity contribution in [2.75, 3.05) is 18.9 Å². The molecular formula is C24H31FN6O5S. The molecule has 13 heteroatoms. The van der Waals surface area contributed by atoms with Crippen LogP contribution in [-0.4, -0.2) is 58.2 Å². The van der Waals surface area contributed by atoms with Gasteiger partial charge in [-0.15, -0.1) is 10.2 Å². The first-order valence-corrected chi connectivity index (χ1v) is 13.4. The predicted octanol–water partition coefficient (Wildman–Crippen LogP) is 3.78. The molecule has 11 nitrogen and oxygen atoms in total. The van der Waals surface area contributed by atoms with E-state index in [1.807, 2.05) is 13.8 Å². The Morgan fingerprint density at radius 2 is 1.76 bits per heavy atom. The number of benzene rings is 1. The van der Waals surface area contributed by atoms with Crippen LogP contribution in [-0.2, 0) is 14.8 Å². The van der Waals surface area contributed by atoms with E-state index in [0.29, 0.717) is 29.4 Å². The topological polar surface area (TPSA) is 130 Å². The van der Waals surface area contributed by atoms with Gasteiger partial charge >= 0.3 is 0 Å². The van der Waals surface area contributed by atoms with Gasteiger partial charge in [0.15, 0.2) is 11.6 Å². The molecule has 4 rings (SSSR count). The number of nitrogens with zero attached hydrogens (tertiary/aromatic N) is 5. The summed E-state index contributed by atoms with van der Waals surface area (Å²) < 4.78 is 61.8. The van der Waals surface area contributed by atoms with Gasteiger partial charge in [0.2, 0.25) is 16.0 Å². The van der Waals surface area contributed by atoms with Crippen molar-refractivity contribution in [1.82, 2.24) is 24.7 Å². The summed E-state index contributed by atoms with van der Waals surface area (Å²) in [5.74, 6) is 0.175. The highest BCUT2D eigenvalue weighted by Crippen LogP contribution is 2.42. The van der Waals surface area contributed by atoms with Crippen LogP contribution in [0.2, 0.25) is 0 Å². The number of hydrogen-bond acceptors (Lipinski definition) is 9. The average molecular weight is 535 g/mol. The van der Waals surface area contributed by atoms with E-state index in [0.717, 1.165) is 18.8 Å². The molecule has 3 atom stereocenters. The number of aromatic nitrogens is 5. The monoisotopic (exact) mass is 534 g/mol. The van der Waals surface area contributed by atoms with E-state index in [1.54, 1.807) is 29.7 Å². The van der Waals surface area contributed by atoms with Crippen LogP contribution < -0.4 is 14.2 Å². The Morgan fingerprint density at radius 3 is 2.30 bits per heavy atom. The maximum atomic E-state index is 13.5. The average Bonchev–Trinajstić information content (AvgIpc) is 3.44. The first-order chi connectivity index (χ1) is 17.5. The van der Waals surface area contributed by atoms with Crippen molar-refractivity contribution in [1.29, 1.82) is 0 Å². The van der Waals surface area contributed by atoms with Gasteiger partial charge in [-0.25, -0.2) is 22.8 Å². The largest absolute Gasteiger partial charge is 0.494 e. The standard InChI is InChI=1S/C24H31FN6O5S/c1-14(21-26-12-16(25)13-27-21)15(2)37(32,33)30-23-29-28-22(19-10-11-24(3,4)36-19)31(23)20-17(34-5)8-7-9-18(20)35-6/h7-9,12-15,19H,10-11H2,1-6H3,(H,29,30)/t14-,15-,19?/m0/s1. The maximum absolute atomic E-state index is 13.5. The third-order valence-corrected chi connectivity index (χ3v) is 8.40. The van der Waals surface area contributed by atoms with Crippen molar-refractivity contribution in [3.05, 3.63) is 48.1 Å². The first-order valence-electron chi connectivity index (χ1n) is 11.8. The van der Waals surface area contributed by atoms with E-state index >= 15 is 0 Å². The van der Waals surface area contributed by atoms with Gasteiger partial charge in [-0.05, 0) is 45.7 Å². The van der Waals surface area contributed by atoms with Crippen LogP contribution in [0, 0.1) is 5.82 Å². The lowest BCUT2D eigenvalue weighted by Gasteiger charge is -2.23. The summed E-state index contributed by atoms with van der Waals surface area (Å²) >= 11 is 0. The normalized spacial score (nSPS) is 18.8. The fraction of sp³-hybridized carbons (Fsp3) is 0.500. The van der Waals surface area contributed by atoms with Crippen LogP contribution in [0.25, 0.3) is 5.69 Å². The van der Waals surface area contributed by atoms with Gasteiger partial charge in [0.05, 0.1) is 37.5 Å². The molecule has 37 heavy (non-hydrogen) atoms. The molecule has 1 aliphatic heterocycles. The SMILES string of the molecule is COc1cccc(OC)c1-n1c(NS(=O)(=O)[C@@H](C)[C@H](C)c2ncc(F)cn2)nnc1C1CCC(C)(C)O1. The van der Waals surface area contributed by atoms with Crippen LogP contribution in [0.4, 0.5) is 10.3 Å². The molecule has 0 aliphatic carbocycles. The van der Waals surface area contributed by atoms with Crippen LogP contribution in [0.1, 0.15) is 64.2 Å². The molecule has 1 N–H and O–H groups in total. The summed E-state index contributed by atoms with van der Waals surface area (Å²) in [4.78, 5) is 7.88. The first kappa shape index (κ1) is 26.7. The summed E-state index contributed by atoms with van der Waals surface area (Å²) in [6.07, 6.45) is 3.04. The van der Waals surface area contributed by atoms with Gasteiger partial charge in [0.1, 0.15) is 29.1 Å². The predicted molar refractivity (Wildman–Crippen MR) is 134 cm³/mol. The fourth-order valence-corrected chi connectivity index (χ4v) is 5.49. The highest BCUT2D eigenvalue weighted by atomic mass is 32.2. The summed E-state index contributed by atoms with van der Waals surface area (Å²) in [7, 11) is -1.03. The molecule has 0 bridgehead atoms. The summed E-state index contributed by atoms with van der Waals surface area (Å²) in [5, 5.41) is 7.54. The molecule has 1 unspecified atom stereocenters. The summed E-state index contributed by atoms with van der Waals surface area (Å²) in [6.45, 7) is 7.15. The van der Waals surface area contributed by atoms with Crippen molar-refractivity contribution in [3.8, 4) is 17.2 Å². The van der Waals surface area contributed by atoms with Crippen LogP contribution in [0.15, 0.2) is 30.6 Å². The lowest BCUT2D eigenvalue weighted by molar-refractivity contribution is -0.0207. The van der Waals surface area contributed by atoms with Gasteiger partial charge in [-0.1, -0.05) is 13.0 Å². The van der Waals surface area contributed by atoms with Crippen LogP contribution >= 0.6 is 0 Å². The summed E-state index contributed by atoms with van der Waals surface area (Å²) in [6, 6.07) is 5.22. The van der Waals surface area contributed by atoms with Gasteiger partial charge in [-0.2, -0.15) is 0 Å². The minimum absolute atomic E-state index is 0.0508. The van der Waals surface area contributed by atoms with Gasteiger partial charge < -0.3 is 14.2 Å². The zero-order valence-corrected chi connectivity index (χ0v) is 22.4. The molecule has 3 aromatic rings. The number of hydrogen-bond donors (Lipinski definition) is 1. The van der Waals surface area contributed by atoms with Crippen molar-refractivity contribution in [3.63, 3.8) is 0 Å². The van der Waals surface area contributed by atoms with E-state index in [2.05, 4.69) is 24.9 Å². The zero-order chi connectivity index (χ0) is 27.0. The van der Waals surface area contributed by atoms with Crippen LogP contribution in [0.3, 0.4) is 0 Å². The van der Waals surface area contributed by atoms with Gasteiger partial charge in [-0.3, -0.25) is 9.29 Å². The number of halogens is 1. The van der Waals surface area contributed by atoms with Crippen molar-refractivity contribution >= 4 is 16.0 Å². The molecular weight excluding hydrogens is 503 g/mol. The fourth-order valence-electron chi connectivity index (χ4n) is 4.26. The second kappa shape index (κ2) is 10.2. The van der Waals surface area contributed by atoms with Crippen molar-refractivity contribution < 1.29 is 27.0 Å². The molecule has 1 fully saturated rings. The second-order valence-corrected chi connectivity index (χ2v) is 11.6. The Kier molecular flexibility index (Phi) is 7.38. The molecule has 0 radical (unpaired) electrons. The Morgan fingerprint density at radius 1 is 1.14 bits per heavy atom. The molecule has 0 saturated carbocycles. The minimum Gasteiger partial charge on any atom is -0.494 e. The van der Waals surface area contributed by atoms with E-state index in [1.165, 1.54) is 21.1 Å². The molecule has 1 saturated heterocycles. The zero-order valence-electron chi connectivity index (χ0n) is 21.6. The van der Waals surface area contributed by atoms with Gasteiger partial charge in [0, 0.05) is 5.92 Å². The van der Waals surface area contributed by atoms with Crippen LogP contribution in [0.5, 0.6) is 11.5 Å². The summed E-state index contributed by atoms with van der Waals surface area (Å²) in [5.41, 5.74) is 0.0616. The Hall–Kier alpha value is -3.32. The molecule has 200 valence electrons. The number of rotatable bonds is 9. The molecule has 0 amide bonds. The smallest absolute Gasteiger partial charge is 0.243 e. The minimum atomic E-state index is -4.04. The van der Waals surface area contributed by atoms with E-state index in [-0.39, 0.29) is 17.4 Å². The molecule has 0 spiro atoms. The third-order valence-electron chi connectivity index (χ3n) is 6.55. The lowest BCUT2D eigenvalue weighted by atomic mass is 10.1. The number of anilines is 1. The van der Waals surface area contributed by atoms with E-state index < -0.39 is 33.1 Å². The van der Waals surface area contributed by atoms with Crippen molar-refractivity contribution in [2.45, 2.75) is 63.4 Å². The highest BCUT2D eigenvalue weighted by molar-refractivity contribution is 7.93. The number of methoxy groups -OCH3 is 2. The number of ether oxygens (including phenoxy) is 3. The number of nitrogens with one attached hydrogen (secondary N) is 1. The van der Waals surface area contributed by atoms with E-state index in [9.17, 15) is 12.8 Å². The van der Waals surface area contributed by atoms with Crippen molar-refractivity contribution in [2.24, 2.45) is 0 Å². The quantitative estimate of drug-likeness (QED) is 0.436. The second-order valence-electron chi connectivity index (χ2n) is 9.53. The Bertz CT molecular complexity index is 1340. The number of para-hydroxylation sites is 1. The third kappa shape index (κ3) is 5.37. The lowest BCUT2D eigenvalue weighted by Crippen LogP contribution is -2.31. The maximum Gasteiger partial charge on any atom is 0.243 e. The highest BCUT2D eigenvalue weighted by Gasteiger charge is 2.38.